The van der Waals surface area contributed by atoms with E-state index in [0.717, 1.165) is 0 Å². The molecule has 10 heavy (non-hydrogen) atoms. The van der Waals surface area contributed by atoms with E-state index in [4.69, 9.17) is 9.46 Å². The zero-order chi connectivity index (χ0) is 6.95. The van der Waals surface area contributed by atoms with Crippen molar-refractivity contribution in [2.24, 2.45) is 0 Å². The van der Waals surface area contributed by atoms with Gasteiger partial charge in [-0.3, -0.25) is 0 Å². The SMILES string of the molecule is O=[PH2][O-].[K+].c1ccccc1. The van der Waals surface area contributed by atoms with E-state index < -0.39 is 8.69 Å². The number of hydrogen-bond acceptors (Lipinski definition) is 2. The molecule has 0 saturated heterocycles. The third-order valence-electron chi connectivity index (χ3n) is 0.667. The molecular weight excluding hydrogens is 174 g/mol. The fourth-order valence-corrected chi connectivity index (χ4v) is 0.385. The van der Waals surface area contributed by atoms with Crippen LogP contribution >= 0.6 is 8.69 Å². The van der Waals surface area contributed by atoms with E-state index in [1.165, 1.54) is 0 Å². The van der Waals surface area contributed by atoms with Gasteiger partial charge in [0.15, 0.2) is 0 Å². The van der Waals surface area contributed by atoms with Crippen molar-refractivity contribution in [3.63, 3.8) is 0 Å². The van der Waals surface area contributed by atoms with Gasteiger partial charge in [-0.1, -0.05) is 36.4 Å². The maximum Gasteiger partial charge on any atom is 1.00 e. The Bertz CT molecular complexity index is 119. The third-order valence-corrected chi connectivity index (χ3v) is 0.667. The van der Waals surface area contributed by atoms with Crippen LogP contribution in [0.1, 0.15) is 0 Å². The van der Waals surface area contributed by atoms with Crippen molar-refractivity contribution >= 4 is 8.69 Å². The fourth-order valence-electron chi connectivity index (χ4n) is 0.385. The smallest absolute Gasteiger partial charge is 0.804 e. The Morgan fingerprint density at radius 1 is 0.900 bits per heavy atom. The van der Waals surface area contributed by atoms with E-state index in [-0.39, 0.29) is 51.4 Å². The molecule has 0 fully saturated rings. The summed E-state index contributed by atoms with van der Waals surface area (Å²) in [4.78, 5) is 8.46. The molecule has 4 heteroatoms. The Hall–Kier alpha value is 1.05. The van der Waals surface area contributed by atoms with Crippen molar-refractivity contribution < 1.29 is 60.8 Å². The van der Waals surface area contributed by atoms with Gasteiger partial charge in [-0.05, 0) is 8.69 Å². The summed E-state index contributed by atoms with van der Waals surface area (Å²) in [7, 11) is -1.75. The van der Waals surface area contributed by atoms with Crippen LogP contribution in [0.3, 0.4) is 0 Å². The molecule has 0 heterocycles. The van der Waals surface area contributed by atoms with Gasteiger partial charge in [-0.15, -0.1) is 0 Å². The van der Waals surface area contributed by atoms with Crippen molar-refractivity contribution in [3.8, 4) is 0 Å². The van der Waals surface area contributed by atoms with E-state index in [1.54, 1.807) is 0 Å². The van der Waals surface area contributed by atoms with Crippen LogP contribution in [0, 0.1) is 0 Å². The molecule has 0 bridgehead atoms. The maximum absolute atomic E-state index is 8.46. The van der Waals surface area contributed by atoms with Crippen molar-refractivity contribution in [1.29, 1.82) is 0 Å². The zero-order valence-electron chi connectivity index (χ0n) is 5.86. The summed E-state index contributed by atoms with van der Waals surface area (Å²) in [6.07, 6.45) is 0. The molecule has 0 saturated carbocycles. The molecule has 0 amide bonds. The van der Waals surface area contributed by atoms with Gasteiger partial charge in [-0.25, -0.2) is 0 Å². The first-order valence-corrected chi connectivity index (χ1v) is 3.41. The van der Waals surface area contributed by atoms with E-state index in [2.05, 4.69) is 0 Å². The van der Waals surface area contributed by atoms with E-state index in [9.17, 15) is 0 Å². The minimum absolute atomic E-state index is 0. The minimum Gasteiger partial charge on any atom is -0.804 e. The second-order valence-corrected chi connectivity index (χ2v) is 1.44. The Kier molecular flexibility index (Phi) is 17.3. The molecule has 0 aliphatic rings. The maximum atomic E-state index is 8.46. The summed E-state index contributed by atoms with van der Waals surface area (Å²) in [5, 5.41) is 0. The van der Waals surface area contributed by atoms with Gasteiger partial charge in [0.2, 0.25) is 0 Å². The minimum atomic E-state index is -1.75. The summed E-state index contributed by atoms with van der Waals surface area (Å²) in [5.74, 6) is 0. The fraction of sp³-hybridized carbons (Fsp3) is 0. The Balaban J connectivity index is 0. The Labute approximate surface area is 104 Å². The molecule has 1 aromatic carbocycles. The monoisotopic (exact) mass is 182 g/mol. The van der Waals surface area contributed by atoms with Crippen LogP contribution in [0.4, 0.5) is 0 Å². The van der Waals surface area contributed by atoms with Gasteiger partial charge >= 0.3 is 51.4 Å². The Morgan fingerprint density at radius 3 is 1.10 bits per heavy atom. The van der Waals surface area contributed by atoms with E-state index >= 15 is 0 Å². The molecule has 0 N–H and O–H groups in total. The summed E-state index contributed by atoms with van der Waals surface area (Å²) < 4.78 is 8.46. The van der Waals surface area contributed by atoms with Crippen molar-refractivity contribution in [1.82, 2.24) is 0 Å². The topological polar surface area (TPSA) is 40.1 Å². The summed E-state index contributed by atoms with van der Waals surface area (Å²) in [6.45, 7) is 0. The van der Waals surface area contributed by atoms with E-state index in [1.807, 2.05) is 36.4 Å². The van der Waals surface area contributed by atoms with Gasteiger partial charge in [0, 0.05) is 0 Å². The van der Waals surface area contributed by atoms with Gasteiger partial charge in [0.1, 0.15) is 0 Å². The first-order valence-electron chi connectivity index (χ1n) is 2.47. The normalized spacial score (nSPS) is 7.70. The third kappa shape index (κ3) is 11.8. The van der Waals surface area contributed by atoms with Gasteiger partial charge < -0.3 is 9.46 Å². The first-order chi connectivity index (χ1) is 4.41. The molecule has 0 aliphatic carbocycles. The number of benzene rings is 1. The quantitative estimate of drug-likeness (QED) is 0.335. The van der Waals surface area contributed by atoms with Crippen LogP contribution in [0.15, 0.2) is 36.4 Å². The van der Waals surface area contributed by atoms with Gasteiger partial charge in [0.05, 0.1) is 0 Å². The first kappa shape index (κ1) is 13.6. The largest absolute Gasteiger partial charge is 1.00 e. The molecule has 1 unspecified atom stereocenters. The van der Waals surface area contributed by atoms with Crippen LogP contribution in [0.2, 0.25) is 0 Å². The molecule has 50 valence electrons. The molecule has 1 aromatic rings. The molecule has 0 radical (unpaired) electrons. The Morgan fingerprint density at radius 2 is 1.00 bits per heavy atom. The van der Waals surface area contributed by atoms with Crippen molar-refractivity contribution in [3.05, 3.63) is 36.4 Å². The molecule has 2 nitrogen and oxygen atoms in total. The standard InChI is InChI=1S/C6H6.K.H3O2P/c1-2-4-6-5-3-1;;1-3-2/h1-6H;;3H2,(H,1,2)/q;+1;/p-1. The predicted molar refractivity (Wildman–Crippen MR) is 36.8 cm³/mol. The van der Waals surface area contributed by atoms with Gasteiger partial charge in [0.25, 0.3) is 0 Å². The van der Waals surface area contributed by atoms with Crippen LogP contribution in [-0.4, -0.2) is 0 Å². The molecule has 1 rings (SSSR count). The summed E-state index contributed by atoms with van der Waals surface area (Å²) in [6, 6.07) is 12.0. The van der Waals surface area contributed by atoms with Crippen LogP contribution in [0.5, 0.6) is 0 Å². The molecule has 0 aromatic heterocycles. The van der Waals surface area contributed by atoms with Crippen LogP contribution < -0.4 is 56.3 Å². The molecule has 1 atom stereocenters. The summed E-state index contributed by atoms with van der Waals surface area (Å²) in [5.41, 5.74) is 0. The second kappa shape index (κ2) is 12.7. The zero-order valence-corrected chi connectivity index (χ0v) is 10.1. The van der Waals surface area contributed by atoms with Gasteiger partial charge in [-0.2, -0.15) is 0 Å². The molecule has 0 spiro atoms. The molecular formula is C6H8KO2P. The van der Waals surface area contributed by atoms with E-state index in [0.29, 0.717) is 0 Å². The van der Waals surface area contributed by atoms with Crippen molar-refractivity contribution in [2.75, 3.05) is 0 Å². The van der Waals surface area contributed by atoms with Crippen LogP contribution in [-0.2, 0) is 4.57 Å². The molecule has 0 aliphatic heterocycles. The average Bonchev–Trinajstić information content (AvgIpc) is 1.93. The number of hydrogen-bond donors (Lipinski definition) is 0. The summed E-state index contributed by atoms with van der Waals surface area (Å²) >= 11 is 0. The number of rotatable bonds is 0. The van der Waals surface area contributed by atoms with Crippen LogP contribution in [0.25, 0.3) is 0 Å². The van der Waals surface area contributed by atoms with Crippen molar-refractivity contribution in [2.45, 2.75) is 0 Å². The second-order valence-electron chi connectivity index (χ2n) is 1.25. The average molecular weight is 182 g/mol. The predicted octanol–water partition coefficient (Wildman–Crippen LogP) is -2.29.